The molecule has 130 valence electrons. The Hall–Kier alpha value is -2.06. The van der Waals surface area contributed by atoms with Crippen molar-refractivity contribution >= 4 is 33.2 Å². The lowest BCUT2D eigenvalue weighted by Crippen LogP contribution is -2.43. The number of aliphatic imine (C=N–C) groups is 1. The van der Waals surface area contributed by atoms with Gasteiger partial charge in [-0.3, -0.25) is 4.79 Å². The molecule has 2 aliphatic rings. The lowest BCUT2D eigenvalue weighted by molar-refractivity contribution is -0.127. The number of aryl methyl sites for hydroxylation is 1. The van der Waals surface area contributed by atoms with Gasteiger partial charge in [0.2, 0.25) is 0 Å². The van der Waals surface area contributed by atoms with Gasteiger partial charge >= 0.3 is 5.63 Å². The molecule has 2 atom stereocenters. The molecular formula is C17H14BrFN2O4. The van der Waals surface area contributed by atoms with Gasteiger partial charge in [-0.2, -0.15) is 4.74 Å². The molecule has 0 radical (unpaired) electrons. The molecule has 0 aliphatic carbocycles. The van der Waals surface area contributed by atoms with Gasteiger partial charge in [-0.05, 0) is 40.5 Å². The molecule has 1 fully saturated rings. The number of hydrogen-bond donors (Lipinski definition) is 0. The van der Waals surface area contributed by atoms with Gasteiger partial charge in [0.15, 0.2) is 11.6 Å². The Kier molecular flexibility index (Phi) is 3.96. The molecule has 4 rings (SSSR count). The summed E-state index contributed by atoms with van der Waals surface area (Å²) in [4.78, 5) is 29.5. The highest BCUT2D eigenvalue weighted by Crippen LogP contribution is 2.43. The second-order valence-corrected chi connectivity index (χ2v) is 6.86. The number of ketones is 1. The molecule has 0 amide bonds. The normalized spacial score (nSPS) is 22.4. The molecule has 2 aromatic rings. The fraction of sp³-hybridized carbons (Fsp3) is 0.353. The van der Waals surface area contributed by atoms with E-state index in [1.54, 1.807) is 12.1 Å². The van der Waals surface area contributed by atoms with Gasteiger partial charge in [-0.1, -0.05) is 6.07 Å². The van der Waals surface area contributed by atoms with Crippen LogP contribution in [-0.2, 0) is 16.1 Å². The Morgan fingerprint density at radius 2 is 2.12 bits per heavy atom. The number of carbonyl (C=O) groups excluding carboxylic acids is 1. The number of hydrogen-bond acceptors (Lipinski definition) is 5. The van der Waals surface area contributed by atoms with Crippen LogP contribution in [-0.4, -0.2) is 29.4 Å². The summed E-state index contributed by atoms with van der Waals surface area (Å²) in [5, 5.41) is 0. The number of aromatic nitrogens is 1. The zero-order valence-electron chi connectivity index (χ0n) is 13.3. The second kappa shape index (κ2) is 6.03. The molecule has 6 nitrogen and oxygen atoms in total. The average molecular weight is 409 g/mol. The molecule has 1 aromatic heterocycles. The predicted octanol–water partition coefficient (Wildman–Crippen LogP) is 2.80. The van der Waals surface area contributed by atoms with E-state index in [0.29, 0.717) is 29.2 Å². The van der Waals surface area contributed by atoms with Gasteiger partial charge in [0.05, 0.1) is 34.8 Å². The van der Waals surface area contributed by atoms with Crippen LogP contribution in [0.2, 0.25) is 0 Å². The van der Waals surface area contributed by atoms with Crippen molar-refractivity contribution in [3.05, 3.63) is 50.0 Å². The molecule has 8 heteroatoms. The summed E-state index contributed by atoms with van der Waals surface area (Å²) in [6.45, 7) is 2.46. The highest BCUT2D eigenvalue weighted by atomic mass is 79.9. The van der Waals surface area contributed by atoms with E-state index >= 15 is 0 Å². The number of Topliss-reactive ketones (excluding diaryl/α,β-unsaturated/α-hetero) is 1. The van der Waals surface area contributed by atoms with E-state index in [-0.39, 0.29) is 23.5 Å². The molecule has 0 bridgehead atoms. The first kappa shape index (κ1) is 16.4. The molecule has 25 heavy (non-hydrogen) atoms. The van der Waals surface area contributed by atoms with Crippen LogP contribution in [0.4, 0.5) is 10.2 Å². The Bertz CT molecular complexity index is 962. The largest absolute Gasteiger partial charge is 0.368 e. The third-order valence-corrected chi connectivity index (χ3v) is 5.18. The van der Waals surface area contributed by atoms with Crippen LogP contribution in [0.3, 0.4) is 0 Å². The third-order valence-electron chi connectivity index (χ3n) is 4.57. The number of rotatable bonds is 2. The lowest BCUT2D eigenvalue weighted by atomic mass is 9.74. The van der Waals surface area contributed by atoms with E-state index in [4.69, 9.17) is 9.26 Å². The predicted molar refractivity (Wildman–Crippen MR) is 91.0 cm³/mol. The summed E-state index contributed by atoms with van der Waals surface area (Å²) in [6.07, 6.45) is 0. The monoisotopic (exact) mass is 408 g/mol. The van der Waals surface area contributed by atoms with Gasteiger partial charge in [0, 0.05) is 5.92 Å². The zero-order valence-corrected chi connectivity index (χ0v) is 14.9. The summed E-state index contributed by atoms with van der Waals surface area (Å²) in [5.74, 6) is -1.33. The van der Waals surface area contributed by atoms with E-state index in [1.165, 1.54) is 10.8 Å². The van der Waals surface area contributed by atoms with Gasteiger partial charge in [0.1, 0.15) is 12.4 Å². The second-order valence-electron chi connectivity index (χ2n) is 6.00. The van der Waals surface area contributed by atoms with Crippen molar-refractivity contribution in [2.24, 2.45) is 10.9 Å². The summed E-state index contributed by atoms with van der Waals surface area (Å²) < 4.78 is 25.9. The van der Waals surface area contributed by atoms with Crippen LogP contribution in [0.25, 0.3) is 0 Å². The smallest absolute Gasteiger partial charge is 0.363 e. The van der Waals surface area contributed by atoms with Crippen molar-refractivity contribution in [3.8, 4) is 0 Å². The maximum atomic E-state index is 13.7. The molecular weight excluding hydrogens is 395 g/mol. The van der Waals surface area contributed by atoms with Gasteiger partial charge in [-0.15, -0.1) is 0 Å². The van der Waals surface area contributed by atoms with Crippen LogP contribution in [0.15, 0.2) is 37.0 Å². The molecule has 1 saturated heterocycles. The summed E-state index contributed by atoms with van der Waals surface area (Å²) >= 11 is 3.17. The fourth-order valence-electron chi connectivity index (χ4n) is 3.48. The minimum Gasteiger partial charge on any atom is -0.368 e. The van der Waals surface area contributed by atoms with Crippen molar-refractivity contribution < 1.29 is 18.4 Å². The lowest BCUT2D eigenvalue weighted by Gasteiger charge is -2.33. The van der Waals surface area contributed by atoms with Crippen LogP contribution in [0, 0.1) is 11.7 Å². The number of ether oxygens (including phenoxy) is 1. The van der Waals surface area contributed by atoms with Crippen LogP contribution in [0.1, 0.15) is 24.0 Å². The number of nitrogens with zero attached hydrogens (tertiary/aromatic N) is 2. The van der Waals surface area contributed by atoms with Crippen molar-refractivity contribution in [1.29, 1.82) is 0 Å². The number of fused-ring (bicyclic) bond motifs is 2. The summed E-state index contributed by atoms with van der Waals surface area (Å²) in [5.41, 5.74) is 1.04. The summed E-state index contributed by atoms with van der Waals surface area (Å²) in [6, 6.07) is 4.49. The zero-order chi connectivity index (χ0) is 17.7. The van der Waals surface area contributed by atoms with E-state index in [1.807, 2.05) is 6.92 Å². The van der Waals surface area contributed by atoms with E-state index < -0.39 is 23.3 Å². The molecule has 0 N–H and O–H groups in total. The maximum absolute atomic E-state index is 13.7. The Balaban J connectivity index is 1.98. The molecule has 0 saturated carbocycles. The van der Waals surface area contributed by atoms with Gasteiger partial charge < -0.3 is 9.26 Å². The van der Waals surface area contributed by atoms with E-state index in [9.17, 15) is 14.0 Å². The molecule has 0 spiro atoms. The van der Waals surface area contributed by atoms with Crippen molar-refractivity contribution in [2.75, 3.05) is 13.2 Å². The quantitative estimate of drug-likeness (QED) is 0.765. The molecule has 3 heterocycles. The first-order chi connectivity index (χ1) is 12.0. The van der Waals surface area contributed by atoms with Crippen molar-refractivity contribution in [3.63, 3.8) is 0 Å². The number of halogens is 2. The van der Waals surface area contributed by atoms with Gasteiger partial charge in [-0.25, -0.2) is 14.2 Å². The maximum Gasteiger partial charge on any atom is 0.363 e. The van der Waals surface area contributed by atoms with Crippen LogP contribution in [0.5, 0.6) is 0 Å². The van der Waals surface area contributed by atoms with Crippen LogP contribution >= 0.6 is 15.9 Å². The standard InChI is InChI=1S/C17H14BrFN2O4/c1-2-21-16-15(17(23)25-21)13(8-3-4-10(19)9(18)5-8)14-11(20-16)6-24-7-12(14)22/h3-5,13-14H,2,6-7H2,1H3. The number of carbonyl (C=O) groups is 1. The SMILES string of the molecule is CCn1oc(=O)c2c1N=C1COCC(=O)C1C2c1ccc(F)c(Br)c1. The summed E-state index contributed by atoms with van der Waals surface area (Å²) in [7, 11) is 0. The topological polar surface area (TPSA) is 73.8 Å². The van der Waals surface area contributed by atoms with Crippen LogP contribution < -0.4 is 5.63 Å². The third kappa shape index (κ3) is 2.51. The Morgan fingerprint density at radius 1 is 1.32 bits per heavy atom. The highest BCUT2D eigenvalue weighted by molar-refractivity contribution is 9.10. The van der Waals surface area contributed by atoms with Crippen molar-refractivity contribution in [1.82, 2.24) is 4.74 Å². The Morgan fingerprint density at radius 3 is 2.84 bits per heavy atom. The highest BCUT2D eigenvalue weighted by Gasteiger charge is 2.44. The molecule has 2 unspecified atom stereocenters. The van der Waals surface area contributed by atoms with E-state index in [2.05, 4.69) is 20.9 Å². The minimum atomic E-state index is -0.603. The minimum absolute atomic E-state index is 0.0301. The average Bonchev–Trinajstić information content (AvgIpc) is 2.92. The van der Waals surface area contributed by atoms with Crippen molar-refractivity contribution in [2.45, 2.75) is 19.4 Å². The number of benzene rings is 1. The first-order valence-electron chi connectivity index (χ1n) is 7.88. The Labute approximate surface area is 150 Å². The fourth-order valence-corrected chi connectivity index (χ4v) is 3.88. The van der Waals surface area contributed by atoms with Gasteiger partial charge in [0.25, 0.3) is 0 Å². The molecule has 1 aromatic carbocycles. The van der Waals surface area contributed by atoms with E-state index in [0.717, 1.165) is 0 Å². The first-order valence-corrected chi connectivity index (χ1v) is 8.67. The molecule has 2 aliphatic heterocycles.